The molecule has 3 rings (SSSR count). The van der Waals surface area contributed by atoms with Crippen LogP contribution in [0.2, 0.25) is 0 Å². The van der Waals surface area contributed by atoms with Gasteiger partial charge in [0.05, 0.1) is 11.0 Å². The Balaban J connectivity index is 2.19. The summed E-state index contributed by atoms with van der Waals surface area (Å²) in [4.78, 5) is 4.51. The average molecular weight is 233 g/mol. The van der Waals surface area contributed by atoms with Crippen molar-refractivity contribution in [2.24, 2.45) is 5.73 Å². The Morgan fingerprint density at radius 2 is 2.00 bits per heavy atom. The second-order valence-electron chi connectivity index (χ2n) is 4.08. The number of rotatable bonds is 2. The smallest absolute Gasteiger partial charge is 0.163 e. The van der Waals surface area contributed by atoms with Gasteiger partial charge < -0.3 is 19.8 Å². The Bertz CT molecular complexity index is 562. The minimum absolute atomic E-state index is 0.598. The molecule has 1 aromatic carbocycles. The normalized spacial score (nSPS) is 14.2. The van der Waals surface area contributed by atoms with Crippen molar-refractivity contribution < 1.29 is 9.47 Å². The molecule has 1 aliphatic rings. The molecule has 0 fully saturated rings. The zero-order chi connectivity index (χ0) is 11.8. The van der Waals surface area contributed by atoms with Crippen LogP contribution in [0.5, 0.6) is 11.5 Å². The van der Waals surface area contributed by atoms with Crippen molar-refractivity contribution in [2.75, 3.05) is 19.8 Å². The van der Waals surface area contributed by atoms with Crippen LogP contribution in [0.1, 0.15) is 5.82 Å². The highest BCUT2D eigenvalue weighted by Crippen LogP contribution is 2.34. The molecule has 0 bridgehead atoms. The predicted octanol–water partition coefficient (Wildman–Crippen LogP) is 1.07. The van der Waals surface area contributed by atoms with E-state index < -0.39 is 0 Å². The Morgan fingerprint density at radius 3 is 2.71 bits per heavy atom. The Morgan fingerprint density at radius 1 is 1.29 bits per heavy atom. The third kappa shape index (κ3) is 1.63. The summed E-state index contributed by atoms with van der Waals surface area (Å²) in [7, 11) is 0. The molecule has 0 saturated heterocycles. The molecular formula is C12H15N3O2. The number of hydrogen-bond acceptors (Lipinski definition) is 4. The maximum absolute atomic E-state index is 5.61. The lowest BCUT2D eigenvalue weighted by Crippen LogP contribution is -2.15. The molecule has 0 amide bonds. The molecule has 2 N–H and O–H groups in total. The number of ether oxygens (including phenoxy) is 2. The monoisotopic (exact) mass is 233 g/mol. The first-order valence-electron chi connectivity index (χ1n) is 5.76. The minimum Gasteiger partial charge on any atom is -0.486 e. The van der Waals surface area contributed by atoms with Crippen LogP contribution in [0, 0.1) is 6.92 Å². The zero-order valence-electron chi connectivity index (χ0n) is 9.77. The van der Waals surface area contributed by atoms with Gasteiger partial charge in [-0.1, -0.05) is 0 Å². The van der Waals surface area contributed by atoms with Gasteiger partial charge in [-0.15, -0.1) is 0 Å². The zero-order valence-corrected chi connectivity index (χ0v) is 9.77. The van der Waals surface area contributed by atoms with Crippen LogP contribution in [0.15, 0.2) is 12.1 Å². The molecule has 90 valence electrons. The van der Waals surface area contributed by atoms with E-state index in [0.29, 0.717) is 19.8 Å². The summed E-state index contributed by atoms with van der Waals surface area (Å²) in [6, 6.07) is 3.92. The maximum Gasteiger partial charge on any atom is 0.163 e. The number of aryl methyl sites for hydroxylation is 1. The summed E-state index contributed by atoms with van der Waals surface area (Å²) in [5.74, 6) is 2.54. The van der Waals surface area contributed by atoms with E-state index in [9.17, 15) is 0 Å². The lowest BCUT2D eigenvalue weighted by atomic mass is 10.2. The number of aromatic nitrogens is 2. The van der Waals surface area contributed by atoms with Gasteiger partial charge in [0.25, 0.3) is 0 Å². The van der Waals surface area contributed by atoms with Gasteiger partial charge in [-0.25, -0.2) is 4.98 Å². The second kappa shape index (κ2) is 3.92. The van der Waals surface area contributed by atoms with E-state index in [2.05, 4.69) is 9.55 Å². The highest BCUT2D eigenvalue weighted by molar-refractivity contribution is 5.80. The molecule has 5 heteroatoms. The molecule has 0 spiro atoms. The number of imidazole rings is 1. The van der Waals surface area contributed by atoms with Crippen molar-refractivity contribution in [3.8, 4) is 11.5 Å². The molecule has 1 aliphatic heterocycles. The van der Waals surface area contributed by atoms with E-state index in [-0.39, 0.29) is 0 Å². The summed E-state index contributed by atoms with van der Waals surface area (Å²) >= 11 is 0. The first kappa shape index (κ1) is 10.4. The lowest BCUT2D eigenvalue weighted by molar-refractivity contribution is 0.172. The van der Waals surface area contributed by atoms with E-state index in [1.807, 2.05) is 19.1 Å². The molecule has 5 nitrogen and oxygen atoms in total. The van der Waals surface area contributed by atoms with E-state index in [1.165, 1.54) is 0 Å². The highest BCUT2D eigenvalue weighted by Gasteiger charge is 2.16. The third-order valence-corrected chi connectivity index (χ3v) is 2.96. The van der Waals surface area contributed by atoms with Crippen molar-refractivity contribution in [1.82, 2.24) is 9.55 Å². The van der Waals surface area contributed by atoms with Gasteiger partial charge >= 0.3 is 0 Å². The fourth-order valence-electron chi connectivity index (χ4n) is 2.19. The van der Waals surface area contributed by atoms with E-state index in [0.717, 1.165) is 34.9 Å². The molecule has 1 aromatic heterocycles. The molecule has 0 unspecified atom stereocenters. The second-order valence-corrected chi connectivity index (χ2v) is 4.08. The van der Waals surface area contributed by atoms with E-state index >= 15 is 0 Å². The molecule has 17 heavy (non-hydrogen) atoms. The lowest BCUT2D eigenvalue weighted by Gasteiger charge is -2.18. The molecule has 0 aliphatic carbocycles. The standard InChI is InChI=1S/C12H15N3O2/c1-8-14-9-6-11-12(17-5-4-16-11)7-10(9)15(8)3-2-13/h6-7H,2-5,13H2,1H3. The third-order valence-electron chi connectivity index (χ3n) is 2.96. The van der Waals surface area contributed by atoms with Crippen LogP contribution < -0.4 is 15.2 Å². The van der Waals surface area contributed by atoms with Crippen LogP contribution in [0.3, 0.4) is 0 Å². The summed E-state index contributed by atoms with van der Waals surface area (Å²) in [6.45, 7) is 4.54. The van der Waals surface area contributed by atoms with Gasteiger partial charge in [0.15, 0.2) is 11.5 Å². The van der Waals surface area contributed by atoms with E-state index in [1.54, 1.807) is 0 Å². The fraction of sp³-hybridized carbons (Fsp3) is 0.417. The van der Waals surface area contributed by atoms with Crippen LogP contribution >= 0.6 is 0 Å². The molecular weight excluding hydrogens is 218 g/mol. The molecule has 0 saturated carbocycles. The largest absolute Gasteiger partial charge is 0.486 e. The van der Waals surface area contributed by atoms with Gasteiger partial charge in [-0.05, 0) is 6.92 Å². The SMILES string of the molecule is Cc1nc2cc3c(cc2n1CCN)OCCO3. The average Bonchev–Trinajstić information content (AvgIpc) is 2.63. The van der Waals surface area contributed by atoms with Crippen molar-refractivity contribution in [1.29, 1.82) is 0 Å². The van der Waals surface area contributed by atoms with Crippen molar-refractivity contribution in [3.63, 3.8) is 0 Å². The van der Waals surface area contributed by atoms with Gasteiger partial charge in [0.2, 0.25) is 0 Å². The molecule has 0 atom stereocenters. The van der Waals surface area contributed by atoms with Gasteiger partial charge in [0.1, 0.15) is 19.0 Å². The first-order chi connectivity index (χ1) is 8.29. The first-order valence-corrected chi connectivity index (χ1v) is 5.76. The minimum atomic E-state index is 0.598. The fourth-order valence-corrected chi connectivity index (χ4v) is 2.19. The van der Waals surface area contributed by atoms with Crippen molar-refractivity contribution >= 4 is 11.0 Å². The predicted molar refractivity (Wildman–Crippen MR) is 64.5 cm³/mol. The topological polar surface area (TPSA) is 62.3 Å². The maximum atomic E-state index is 5.61. The number of hydrogen-bond donors (Lipinski definition) is 1. The van der Waals surface area contributed by atoms with Crippen LogP contribution in [-0.4, -0.2) is 29.3 Å². The van der Waals surface area contributed by atoms with Gasteiger partial charge in [0, 0.05) is 25.2 Å². The summed E-state index contributed by atoms with van der Waals surface area (Å²) in [6.07, 6.45) is 0. The quantitative estimate of drug-likeness (QED) is 0.843. The molecule has 0 radical (unpaired) electrons. The van der Waals surface area contributed by atoms with Gasteiger partial charge in [-0.3, -0.25) is 0 Å². The van der Waals surface area contributed by atoms with E-state index in [4.69, 9.17) is 15.2 Å². The van der Waals surface area contributed by atoms with Crippen molar-refractivity contribution in [2.45, 2.75) is 13.5 Å². The summed E-state index contributed by atoms with van der Waals surface area (Å²) < 4.78 is 13.2. The Hall–Kier alpha value is -1.75. The number of fused-ring (bicyclic) bond motifs is 2. The van der Waals surface area contributed by atoms with Crippen LogP contribution in [0.4, 0.5) is 0 Å². The Labute approximate surface area is 99.1 Å². The molecule has 2 heterocycles. The van der Waals surface area contributed by atoms with Crippen molar-refractivity contribution in [3.05, 3.63) is 18.0 Å². The number of benzene rings is 1. The molecule has 2 aromatic rings. The highest BCUT2D eigenvalue weighted by atomic mass is 16.6. The number of nitrogens with two attached hydrogens (primary N) is 1. The number of nitrogens with zero attached hydrogens (tertiary/aromatic N) is 2. The van der Waals surface area contributed by atoms with Crippen LogP contribution in [0.25, 0.3) is 11.0 Å². The van der Waals surface area contributed by atoms with Gasteiger partial charge in [-0.2, -0.15) is 0 Å². The van der Waals surface area contributed by atoms with Crippen LogP contribution in [-0.2, 0) is 6.54 Å². The Kier molecular flexibility index (Phi) is 2.40. The summed E-state index contributed by atoms with van der Waals surface area (Å²) in [5, 5.41) is 0. The summed E-state index contributed by atoms with van der Waals surface area (Å²) in [5.41, 5.74) is 7.60.